The first kappa shape index (κ1) is 15.2. The molecule has 0 aliphatic heterocycles. The third-order valence-electron chi connectivity index (χ3n) is 1.17. The van der Waals surface area contributed by atoms with E-state index in [4.69, 9.17) is 9.05 Å². The molecule has 0 unspecified atom stereocenters. The van der Waals surface area contributed by atoms with Gasteiger partial charge >= 0.3 is 7.60 Å². The lowest BCUT2D eigenvalue weighted by atomic mass is 10.5. The average Bonchev–Trinajstić information content (AvgIpc) is 1.97. The normalized spacial score (nSPS) is 12.5. The molecule has 0 aliphatic rings. The molecule has 4 nitrogen and oxygen atoms in total. The van der Waals surface area contributed by atoms with Crippen LogP contribution >= 0.6 is 19.4 Å². The highest BCUT2D eigenvalue weighted by molar-refractivity contribution is 8.17. The summed E-state index contributed by atoms with van der Waals surface area (Å²) in [6, 6.07) is 0. The van der Waals surface area contributed by atoms with Gasteiger partial charge in [-0.3, -0.25) is 9.36 Å². The van der Waals surface area contributed by atoms with Gasteiger partial charge in [-0.25, -0.2) is 0 Å². The van der Waals surface area contributed by atoms with Crippen molar-refractivity contribution in [2.45, 2.75) is 46.8 Å². The maximum atomic E-state index is 12.1. The van der Waals surface area contributed by atoms with Crippen LogP contribution in [-0.4, -0.2) is 22.8 Å². The Kier molecular flexibility index (Phi) is 6.76. The molecule has 6 heteroatoms. The quantitative estimate of drug-likeness (QED) is 0.681. The van der Waals surface area contributed by atoms with Crippen molar-refractivity contribution in [2.24, 2.45) is 0 Å². The van der Waals surface area contributed by atoms with Crippen molar-refractivity contribution < 1.29 is 18.4 Å². The fourth-order valence-corrected chi connectivity index (χ4v) is 4.08. The second-order valence-corrected chi connectivity index (χ2v) is 7.22. The van der Waals surface area contributed by atoms with Crippen molar-refractivity contribution in [3.8, 4) is 0 Å². The summed E-state index contributed by atoms with van der Waals surface area (Å²) in [7, 11) is -3.14. The summed E-state index contributed by atoms with van der Waals surface area (Å²) in [5, 5.41) is -0.0880. The van der Waals surface area contributed by atoms with Gasteiger partial charge < -0.3 is 9.05 Å². The van der Waals surface area contributed by atoms with E-state index in [9.17, 15) is 9.36 Å². The monoisotopic (exact) mass is 254 g/mol. The van der Waals surface area contributed by atoms with Crippen LogP contribution in [0.4, 0.5) is 0 Å². The first-order chi connectivity index (χ1) is 6.75. The van der Waals surface area contributed by atoms with E-state index in [1.165, 1.54) is 6.92 Å². The predicted octanol–water partition coefficient (Wildman–Crippen LogP) is 3.27. The van der Waals surface area contributed by atoms with Crippen molar-refractivity contribution in [3.63, 3.8) is 0 Å². The topological polar surface area (TPSA) is 52.6 Å². The van der Waals surface area contributed by atoms with Gasteiger partial charge in [0.25, 0.3) is 0 Å². The number of hydrogen-bond acceptors (Lipinski definition) is 5. The molecule has 0 radical (unpaired) electrons. The van der Waals surface area contributed by atoms with Gasteiger partial charge in [0.2, 0.25) is 0 Å². The van der Waals surface area contributed by atoms with E-state index in [1.54, 1.807) is 27.7 Å². The van der Waals surface area contributed by atoms with Crippen LogP contribution < -0.4 is 0 Å². The van der Waals surface area contributed by atoms with Crippen LogP contribution in [0, 0.1) is 0 Å². The maximum absolute atomic E-state index is 12.1. The van der Waals surface area contributed by atoms with Crippen LogP contribution in [0.2, 0.25) is 0 Å². The van der Waals surface area contributed by atoms with Crippen LogP contribution in [0.15, 0.2) is 0 Å². The molecule has 0 N–H and O–H groups in total. The fourth-order valence-electron chi connectivity index (χ4n) is 0.898. The predicted molar refractivity (Wildman–Crippen MR) is 63.2 cm³/mol. The zero-order valence-corrected chi connectivity index (χ0v) is 11.6. The average molecular weight is 254 g/mol. The Morgan fingerprint density at radius 1 is 1.20 bits per heavy atom. The third-order valence-corrected chi connectivity index (χ3v) is 4.84. The number of rotatable bonds is 6. The lowest BCUT2D eigenvalue weighted by Gasteiger charge is -2.21. The largest absolute Gasteiger partial charge is 0.341 e. The van der Waals surface area contributed by atoms with E-state index in [-0.39, 0.29) is 22.8 Å². The number of carbonyl (C=O) groups is 1. The summed E-state index contributed by atoms with van der Waals surface area (Å²) in [4.78, 5) is 10.8. The maximum Gasteiger partial charge on any atom is 0.341 e. The molecule has 90 valence electrons. The summed E-state index contributed by atoms with van der Waals surface area (Å²) >= 11 is 0.970. The Morgan fingerprint density at radius 2 is 1.60 bits per heavy atom. The highest BCUT2D eigenvalue weighted by Crippen LogP contribution is 2.52. The van der Waals surface area contributed by atoms with Gasteiger partial charge in [-0.1, -0.05) is 11.8 Å². The summed E-state index contributed by atoms with van der Waals surface area (Å²) < 4.78 is 22.6. The molecule has 15 heavy (non-hydrogen) atoms. The molecule has 0 fully saturated rings. The van der Waals surface area contributed by atoms with Gasteiger partial charge in [0.15, 0.2) is 5.12 Å². The van der Waals surface area contributed by atoms with Crippen molar-refractivity contribution in [2.75, 3.05) is 5.49 Å². The molecule has 0 rings (SSSR count). The van der Waals surface area contributed by atoms with Crippen molar-refractivity contribution in [3.05, 3.63) is 0 Å². The minimum absolute atomic E-state index is 0.0820. The molecule has 0 amide bonds. The van der Waals surface area contributed by atoms with E-state index < -0.39 is 7.60 Å². The van der Waals surface area contributed by atoms with Crippen LogP contribution in [0.25, 0.3) is 0 Å². The molecule has 0 saturated carbocycles. The SMILES string of the molecule is CC(=O)SCP(=O)(OC(C)C)OC(C)C. The first-order valence-corrected chi connectivity index (χ1v) is 7.56. The minimum Gasteiger partial charge on any atom is -0.305 e. The fraction of sp³-hybridized carbons (Fsp3) is 0.889. The summed E-state index contributed by atoms with van der Waals surface area (Å²) in [5.74, 6) is 0. The van der Waals surface area contributed by atoms with Crippen molar-refractivity contribution >= 4 is 24.5 Å². The van der Waals surface area contributed by atoms with Gasteiger partial charge in [-0.2, -0.15) is 0 Å². The summed E-state index contributed by atoms with van der Waals surface area (Å²) in [6.07, 6.45) is -0.357. The van der Waals surface area contributed by atoms with E-state index in [0.29, 0.717) is 0 Å². The first-order valence-electron chi connectivity index (χ1n) is 4.84. The Balaban J connectivity index is 4.40. The number of carbonyl (C=O) groups excluding carboxylic acids is 1. The van der Waals surface area contributed by atoms with Crippen LogP contribution in [0.1, 0.15) is 34.6 Å². The van der Waals surface area contributed by atoms with Gasteiger partial charge in [0.1, 0.15) is 5.49 Å². The molecule has 0 aromatic carbocycles. The van der Waals surface area contributed by atoms with E-state index in [2.05, 4.69) is 0 Å². The lowest BCUT2D eigenvalue weighted by molar-refractivity contribution is -0.109. The molecule has 0 aromatic rings. The molecule has 0 atom stereocenters. The standard InChI is InChI=1S/C9H19O4PS/c1-7(2)12-14(11,13-8(3)4)6-15-9(5)10/h7-8H,6H2,1-5H3. The smallest absolute Gasteiger partial charge is 0.305 e. The third kappa shape index (κ3) is 8.03. The Morgan fingerprint density at radius 3 is 1.87 bits per heavy atom. The second kappa shape index (κ2) is 6.69. The van der Waals surface area contributed by atoms with Crippen LogP contribution in [0.5, 0.6) is 0 Å². The molecular formula is C9H19O4PS. The lowest BCUT2D eigenvalue weighted by Crippen LogP contribution is -2.09. The minimum atomic E-state index is -3.14. The Labute approximate surface area is 95.6 Å². The molecule has 0 saturated heterocycles. The zero-order valence-electron chi connectivity index (χ0n) is 9.85. The molecule has 0 spiro atoms. The second-order valence-electron chi connectivity index (χ2n) is 3.68. The van der Waals surface area contributed by atoms with Crippen LogP contribution in [-0.2, 0) is 18.4 Å². The molecule has 0 heterocycles. The molecule has 0 aliphatic carbocycles. The van der Waals surface area contributed by atoms with Crippen molar-refractivity contribution in [1.82, 2.24) is 0 Å². The Hall–Kier alpha value is 0.170. The molecule has 0 bridgehead atoms. The van der Waals surface area contributed by atoms with Gasteiger partial charge in [0.05, 0.1) is 12.2 Å². The van der Waals surface area contributed by atoms with E-state index in [1.807, 2.05) is 0 Å². The van der Waals surface area contributed by atoms with E-state index in [0.717, 1.165) is 11.8 Å². The highest BCUT2D eigenvalue weighted by atomic mass is 32.2. The highest BCUT2D eigenvalue weighted by Gasteiger charge is 2.28. The zero-order chi connectivity index (χ0) is 12.1. The van der Waals surface area contributed by atoms with Gasteiger partial charge in [-0.15, -0.1) is 0 Å². The van der Waals surface area contributed by atoms with Gasteiger partial charge in [0, 0.05) is 6.92 Å². The Bertz CT molecular complexity index is 238. The summed E-state index contributed by atoms with van der Waals surface area (Å²) in [6.45, 7) is 8.58. The van der Waals surface area contributed by atoms with Crippen molar-refractivity contribution in [1.29, 1.82) is 0 Å². The van der Waals surface area contributed by atoms with Crippen LogP contribution in [0.3, 0.4) is 0 Å². The van der Waals surface area contributed by atoms with E-state index >= 15 is 0 Å². The summed E-state index contributed by atoms with van der Waals surface area (Å²) in [5.41, 5.74) is 0.0820. The molecule has 0 aromatic heterocycles. The number of hydrogen-bond donors (Lipinski definition) is 0. The number of thioether (sulfide) groups is 1. The molecular weight excluding hydrogens is 235 g/mol. The van der Waals surface area contributed by atoms with Gasteiger partial charge in [-0.05, 0) is 27.7 Å².